The van der Waals surface area contributed by atoms with Gasteiger partial charge in [-0.15, -0.1) is 5.10 Å². The van der Waals surface area contributed by atoms with E-state index >= 15 is 0 Å². The Labute approximate surface area is 121 Å². The van der Waals surface area contributed by atoms with Gasteiger partial charge in [0.05, 0.1) is 18.0 Å². The quantitative estimate of drug-likeness (QED) is 0.824. The number of aromatic nitrogens is 4. The SMILES string of the molecule is O=C(O)CCn1nnnc1-c1ccc(I)c(Cl)c1. The van der Waals surface area contributed by atoms with Crippen molar-refractivity contribution in [2.45, 2.75) is 13.0 Å². The zero-order chi connectivity index (χ0) is 13.1. The average molecular weight is 379 g/mol. The topological polar surface area (TPSA) is 80.9 Å². The van der Waals surface area contributed by atoms with Crippen LogP contribution in [0.1, 0.15) is 6.42 Å². The van der Waals surface area contributed by atoms with Crippen LogP contribution in [0.25, 0.3) is 11.4 Å². The fourth-order valence-corrected chi connectivity index (χ4v) is 1.91. The number of carbonyl (C=O) groups is 1. The molecule has 1 aromatic carbocycles. The van der Waals surface area contributed by atoms with Crippen LogP contribution in [-0.4, -0.2) is 31.3 Å². The van der Waals surface area contributed by atoms with Crippen molar-refractivity contribution in [3.8, 4) is 11.4 Å². The highest BCUT2D eigenvalue weighted by molar-refractivity contribution is 14.1. The molecule has 94 valence electrons. The second kappa shape index (κ2) is 5.61. The number of hydrogen-bond acceptors (Lipinski definition) is 4. The number of aryl methyl sites for hydroxylation is 1. The lowest BCUT2D eigenvalue weighted by Crippen LogP contribution is -2.07. The summed E-state index contributed by atoms with van der Waals surface area (Å²) >= 11 is 8.16. The summed E-state index contributed by atoms with van der Waals surface area (Å²) in [5, 5.41) is 20.5. The molecule has 0 aliphatic heterocycles. The number of rotatable bonds is 4. The van der Waals surface area contributed by atoms with E-state index in [9.17, 15) is 4.79 Å². The van der Waals surface area contributed by atoms with Crippen LogP contribution >= 0.6 is 34.2 Å². The number of carboxylic acid groups (broad SMARTS) is 1. The molecule has 0 aliphatic carbocycles. The first kappa shape index (κ1) is 13.2. The molecule has 2 aromatic rings. The second-order valence-electron chi connectivity index (χ2n) is 3.50. The molecule has 1 heterocycles. The van der Waals surface area contributed by atoms with Gasteiger partial charge in [0.2, 0.25) is 0 Å². The van der Waals surface area contributed by atoms with Gasteiger partial charge in [0.1, 0.15) is 0 Å². The van der Waals surface area contributed by atoms with Crippen LogP contribution in [0.5, 0.6) is 0 Å². The number of halogens is 2. The van der Waals surface area contributed by atoms with Gasteiger partial charge in [-0.25, -0.2) is 4.68 Å². The summed E-state index contributed by atoms with van der Waals surface area (Å²) in [6.07, 6.45) is -0.0316. The Kier molecular flexibility index (Phi) is 4.12. The van der Waals surface area contributed by atoms with Crippen molar-refractivity contribution in [2.24, 2.45) is 0 Å². The molecule has 0 radical (unpaired) electrons. The number of carboxylic acids is 1. The lowest BCUT2D eigenvalue weighted by molar-refractivity contribution is -0.137. The minimum absolute atomic E-state index is 0.0316. The molecule has 0 amide bonds. The standard InChI is InChI=1S/C10H8ClIN4O2/c11-7-5-6(1-2-8(7)12)10-13-14-15-16(10)4-3-9(17)18/h1-2,5H,3-4H2,(H,17,18). The number of aliphatic carboxylic acids is 1. The van der Waals surface area contributed by atoms with Crippen molar-refractivity contribution in [1.82, 2.24) is 20.2 Å². The van der Waals surface area contributed by atoms with Gasteiger partial charge in [0, 0.05) is 9.13 Å². The van der Waals surface area contributed by atoms with Gasteiger partial charge < -0.3 is 5.11 Å². The Morgan fingerprint density at radius 3 is 2.94 bits per heavy atom. The highest BCUT2D eigenvalue weighted by atomic mass is 127. The lowest BCUT2D eigenvalue weighted by atomic mass is 10.2. The van der Waals surface area contributed by atoms with Crippen LogP contribution in [0.15, 0.2) is 18.2 Å². The van der Waals surface area contributed by atoms with E-state index < -0.39 is 5.97 Å². The molecule has 18 heavy (non-hydrogen) atoms. The Balaban J connectivity index is 2.30. The molecule has 6 nitrogen and oxygen atoms in total. The van der Waals surface area contributed by atoms with Crippen molar-refractivity contribution in [3.63, 3.8) is 0 Å². The minimum atomic E-state index is -0.892. The second-order valence-corrected chi connectivity index (χ2v) is 5.07. The Hall–Kier alpha value is -1.22. The van der Waals surface area contributed by atoms with Crippen LogP contribution < -0.4 is 0 Å². The summed E-state index contributed by atoms with van der Waals surface area (Å²) < 4.78 is 2.38. The smallest absolute Gasteiger partial charge is 0.305 e. The van der Waals surface area contributed by atoms with Crippen molar-refractivity contribution >= 4 is 40.2 Å². The zero-order valence-electron chi connectivity index (χ0n) is 9.05. The van der Waals surface area contributed by atoms with Gasteiger partial charge in [0.25, 0.3) is 0 Å². The summed E-state index contributed by atoms with van der Waals surface area (Å²) in [5.41, 5.74) is 0.760. The van der Waals surface area contributed by atoms with Crippen molar-refractivity contribution in [2.75, 3.05) is 0 Å². The zero-order valence-corrected chi connectivity index (χ0v) is 12.0. The maximum absolute atomic E-state index is 10.5. The van der Waals surface area contributed by atoms with E-state index in [1.54, 1.807) is 6.07 Å². The third-order valence-electron chi connectivity index (χ3n) is 2.25. The van der Waals surface area contributed by atoms with Crippen LogP contribution in [0, 0.1) is 3.57 Å². The van der Waals surface area contributed by atoms with Gasteiger partial charge in [-0.3, -0.25) is 4.79 Å². The summed E-state index contributed by atoms with van der Waals surface area (Å²) in [6.45, 7) is 0.223. The van der Waals surface area contributed by atoms with Gasteiger partial charge in [-0.05, 0) is 51.2 Å². The lowest BCUT2D eigenvalue weighted by Gasteiger charge is -2.04. The Morgan fingerprint density at radius 2 is 2.28 bits per heavy atom. The molecule has 8 heteroatoms. The van der Waals surface area contributed by atoms with E-state index in [0.717, 1.165) is 9.13 Å². The molecule has 2 rings (SSSR count). The molecule has 0 aliphatic rings. The van der Waals surface area contributed by atoms with Gasteiger partial charge in [-0.1, -0.05) is 11.6 Å². The molecule has 0 bridgehead atoms. The molecule has 1 N–H and O–H groups in total. The molecule has 0 spiro atoms. The van der Waals surface area contributed by atoms with E-state index in [1.807, 2.05) is 12.1 Å². The monoisotopic (exact) mass is 378 g/mol. The fraction of sp³-hybridized carbons (Fsp3) is 0.200. The molecule has 1 aromatic heterocycles. The summed E-state index contributed by atoms with van der Waals surface area (Å²) in [7, 11) is 0. The predicted molar refractivity (Wildman–Crippen MR) is 73.2 cm³/mol. The number of nitrogens with zero attached hydrogens (tertiary/aromatic N) is 4. The largest absolute Gasteiger partial charge is 0.481 e. The highest BCUT2D eigenvalue weighted by Crippen LogP contribution is 2.24. The Morgan fingerprint density at radius 1 is 1.50 bits per heavy atom. The summed E-state index contributed by atoms with van der Waals surface area (Å²) in [4.78, 5) is 10.5. The summed E-state index contributed by atoms with van der Waals surface area (Å²) in [6, 6.07) is 5.46. The maximum atomic E-state index is 10.5. The molecule has 0 saturated heterocycles. The van der Waals surface area contributed by atoms with Gasteiger partial charge in [-0.2, -0.15) is 0 Å². The van der Waals surface area contributed by atoms with E-state index in [1.165, 1.54) is 4.68 Å². The highest BCUT2D eigenvalue weighted by Gasteiger charge is 2.11. The number of benzene rings is 1. The Bertz CT molecular complexity index is 587. The predicted octanol–water partition coefficient (Wildman–Crippen LogP) is 2.07. The molecular weight excluding hydrogens is 370 g/mol. The molecule has 0 fully saturated rings. The third kappa shape index (κ3) is 2.96. The molecule has 0 saturated carbocycles. The van der Waals surface area contributed by atoms with Crippen LogP contribution in [0.2, 0.25) is 5.02 Å². The van der Waals surface area contributed by atoms with Crippen LogP contribution in [-0.2, 0) is 11.3 Å². The fourth-order valence-electron chi connectivity index (χ4n) is 1.40. The molecular formula is C10H8ClIN4O2. The molecule has 0 unspecified atom stereocenters. The van der Waals surface area contributed by atoms with Crippen molar-refractivity contribution in [3.05, 3.63) is 26.8 Å². The number of tetrazole rings is 1. The first-order chi connectivity index (χ1) is 8.58. The summed E-state index contributed by atoms with van der Waals surface area (Å²) in [5.74, 6) is -0.383. The third-order valence-corrected chi connectivity index (χ3v) is 3.82. The van der Waals surface area contributed by atoms with Gasteiger partial charge >= 0.3 is 5.97 Å². The first-order valence-corrected chi connectivity index (χ1v) is 6.47. The van der Waals surface area contributed by atoms with Crippen LogP contribution in [0.3, 0.4) is 0 Å². The minimum Gasteiger partial charge on any atom is -0.481 e. The van der Waals surface area contributed by atoms with Crippen LogP contribution in [0.4, 0.5) is 0 Å². The van der Waals surface area contributed by atoms with Gasteiger partial charge in [0.15, 0.2) is 5.82 Å². The average Bonchev–Trinajstić information content (AvgIpc) is 2.78. The van der Waals surface area contributed by atoms with E-state index in [4.69, 9.17) is 16.7 Å². The number of hydrogen-bond donors (Lipinski definition) is 1. The normalized spacial score (nSPS) is 10.6. The first-order valence-electron chi connectivity index (χ1n) is 5.01. The van der Waals surface area contributed by atoms with E-state index in [-0.39, 0.29) is 13.0 Å². The van der Waals surface area contributed by atoms with Crippen molar-refractivity contribution < 1.29 is 9.90 Å². The maximum Gasteiger partial charge on any atom is 0.305 e. The van der Waals surface area contributed by atoms with E-state index in [2.05, 4.69) is 38.1 Å². The van der Waals surface area contributed by atoms with E-state index in [0.29, 0.717) is 10.8 Å². The molecule has 0 atom stereocenters. The van der Waals surface area contributed by atoms with Crippen molar-refractivity contribution in [1.29, 1.82) is 0 Å².